The molecule has 0 saturated carbocycles. The summed E-state index contributed by atoms with van der Waals surface area (Å²) in [5, 5.41) is 13.9. The van der Waals surface area contributed by atoms with Crippen LogP contribution in [0.4, 0.5) is 0 Å². The summed E-state index contributed by atoms with van der Waals surface area (Å²) in [5.41, 5.74) is 2.07. The van der Waals surface area contributed by atoms with Crippen molar-refractivity contribution in [2.24, 2.45) is 0 Å². The van der Waals surface area contributed by atoms with Gasteiger partial charge >= 0.3 is 0 Å². The second-order valence-electron chi connectivity index (χ2n) is 8.74. The standard InChI is InChI=1S/C20H27N5OS2/c1-11(2)16-21-18-15(12-8-6-7-9-13(12)28-18)17-23-24-19(25(16)17)27-10-14(26)22-20(3,4)5/h11H,6-10H2,1-5H3,(H,22,26). The summed E-state index contributed by atoms with van der Waals surface area (Å²) >= 11 is 3.24. The van der Waals surface area contributed by atoms with E-state index in [0.29, 0.717) is 5.75 Å². The lowest BCUT2D eigenvalue weighted by Crippen LogP contribution is -2.41. The highest BCUT2D eigenvalue weighted by atomic mass is 32.2. The first-order chi connectivity index (χ1) is 13.2. The minimum absolute atomic E-state index is 0.00213. The van der Waals surface area contributed by atoms with Crippen LogP contribution in [0.1, 0.15) is 69.6 Å². The smallest absolute Gasteiger partial charge is 0.230 e. The van der Waals surface area contributed by atoms with Crippen molar-refractivity contribution in [3.63, 3.8) is 0 Å². The van der Waals surface area contributed by atoms with Crippen LogP contribution in [0.5, 0.6) is 0 Å². The Morgan fingerprint density at radius 1 is 1.25 bits per heavy atom. The van der Waals surface area contributed by atoms with Gasteiger partial charge in [-0.2, -0.15) is 0 Å². The molecule has 0 bridgehead atoms. The molecule has 0 unspecified atom stereocenters. The van der Waals surface area contributed by atoms with Gasteiger partial charge in [0.15, 0.2) is 10.8 Å². The zero-order valence-corrected chi connectivity index (χ0v) is 18.8. The van der Waals surface area contributed by atoms with Gasteiger partial charge in [0.2, 0.25) is 5.91 Å². The van der Waals surface area contributed by atoms with Crippen LogP contribution in [0.2, 0.25) is 0 Å². The van der Waals surface area contributed by atoms with Crippen LogP contribution in [0.15, 0.2) is 5.16 Å². The van der Waals surface area contributed by atoms with Crippen LogP contribution in [0.3, 0.4) is 0 Å². The number of hydrogen-bond acceptors (Lipinski definition) is 6. The van der Waals surface area contributed by atoms with E-state index in [1.807, 2.05) is 32.1 Å². The van der Waals surface area contributed by atoms with Gasteiger partial charge in [-0.25, -0.2) is 4.98 Å². The van der Waals surface area contributed by atoms with E-state index in [1.54, 1.807) is 0 Å². The predicted octanol–water partition coefficient (Wildman–Crippen LogP) is 4.35. The number of carbonyl (C=O) groups excluding carboxylic acids is 1. The van der Waals surface area contributed by atoms with E-state index in [2.05, 4.69) is 33.8 Å². The Labute approximate surface area is 173 Å². The third-order valence-corrected chi connectivity index (χ3v) is 6.93. The lowest BCUT2D eigenvalue weighted by atomic mass is 9.97. The fourth-order valence-corrected chi connectivity index (χ4v) is 5.72. The average molecular weight is 418 g/mol. The molecule has 3 aromatic heterocycles. The number of hydrogen-bond donors (Lipinski definition) is 1. The maximum Gasteiger partial charge on any atom is 0.230 e. The summed E-state index contributed by atoms with van der Waals surface area (Å²) in [5.74, 6) is 1.52. The maximum absolute atomic E-state index is 12.3. The average Bonchev–Trinajstić information content (AvgIpc) is 3.18. The number of aromatic nitrogens is 4. The molecule has 8 heteroatoms. The number of carbonyl (C=O) groups is 1. The zero-order valence-electron chi connectivity index (χ0n) is 17.1. The molecule has 6 nitrogen and oxygen atoms in total. The van der Waals surface area contributed by atoms with Gasteiger partial charge in [-0.05, 0) is 52.0 Å². The summed E-state index contributed by atoms with van der Waals surface area (Å²) in [6.07, 6.45) is 4.71. The van der Waals surface area contributed by atoms with Crippen molar-refractivity contribution in [2.75, 3.05) is 5.75 Å². The van der Waals surface area contributed by atoms with Crippen molar-refractivity contribution in [3.05, 3.63) is 16.3 Å². The van der Waals surface area contributed by atoms with Crippen molar-refractivity contribution < 1.29 is 4.79 Å². The molecular weight excluding hydrogens is 390 g/mol. The molecule has 0 aromatic carbocycles. The topological polar surface area (TPSA) is 72.2 Å². The number of aryl methyl sites for hydroxylation is 2. The summed E-state index contributed by atoms with van der Waals surface area (Å²) in [6, 6.07) is 0. The highest BCUT2D eigenvalue weighted by molar-refractivity contribution is 7.99. The van der Waals surface area contributed by atoms with Crippen molar-refractivity contribution in [1.29, 1.82) is 0 Å². The van der Waals surface area contributed by atoms with Crippen molar-refractivity contribution in [2.45, 2.75) is 76.9 Å². The molecule has 0 radical (unpaired) electrons. The predicted molar refractivity (Wildman–Crippen MR) is 116 cm³/mol. The second-order valence-corrected chi connectivity index (χ2v) is 10.8. The van der Waals surface area contributed by atoms with E-state index in [9.17, 15) is 4.79 Å². The molecule has 0 spiro atoms. The second kappa shape index (κ2) is 7.30. The minimum Gasteiger partial charge on any atom is -0.351 e. The Morgan fingerprint density at radius 2 is 2.00 bits per heavy atom. The van der Waals surface area contributed by atoms with E-state index in [0.717, 1.165) is 34.3 Å². The summed E-state index contributed by atoms with van der Waals surface area (Å²) in [7, 11) is 0. The third-order valence-electron chi connectivity index (χ3n) is 4.82. The first-order valence-corrected chi connectivity index (χ1v) is 11.7. The van der Waals surface area contributed by atoms with Crippen molar-refractivity contribution in [1.82, 2.24) is 24.9 Å². The SMILES string of the molecule is CC(C)c1nc2sc3c(c2c2nnc(SCC(=O)NC(C)(C)C)n12)CCCC3. The molecule has 150 valence electrons. The molecule has 0 saturated heterocycles. The molecular formula is C20H27N5OS2. The number of thiophene rings is 1. The normalized spacial score (nSPS) is 14.8. The van der Waals surface area contributed by atoms with Crippen molar-refractivity contribution >= 4 is 44.9 Å². The maximum atomic E-state index is 12.3. The molecule has 0 atom stereocenters. The summed E-state index contributed by atoms with van der Waals surface area (Å²) < 4.78 is 2.07. The van der Waals surface area contributed by atoms with Gasteiger partial charge in [0, 0.05) is 16.3 Å². The van der Waals surface area contributed by atoms with Crippen LogP contribution in [0.25, 0.3) is 15.9 Å². The minimum atomic E-state index is -0.239. The molecule has 1 amide bonds. The molecule has 0 aliphatic heterocycles. The van der Waals surface area contributed by atoms with Gasteiger partial charge in [-0.15, -0.1) is 21.5 Å². The van der Waals surface area contributed by atoms with Gasteiger partial charge in [-0.1, -0.05) is 25.6 Å². The molecule has 0 fully saturated rings. The van der Waals surface area contributed by atoms with E-state index in [1.165, 1.54) is 40.4 Å². The van der Waals surface area contributed by atoms with Crippen LogP contribution < -0.4 is 5.32 Å². The molecule has 1 aliphatic carbocycles. The number of amides is 1. The summed E-state index contributed by atoms with van der Waals surface area (Å²) in [4.78, 5) is 19.8. The Balaban J connectivity index is 1.77. The fourth-order valence-electron chi connectivity index (χ4n) is 3.72. The molecule has 1 N–H and O–H groups in total. The van der Waals surface area contributed by atoms with Gasteiger partial charge in [0.05, 0.1) is 11.1 Å². The van der Waals surface area contributed by atoms with E-state index in [-0.39, 0.29) is 17.4 Å². The molecule has 1 aliphatic rings. The zero-order chi connectivity index (χ0) is 20.1. The van der Waals surface area contributed by atoms with Gasteiger partial charge in [-0.3, -0.25) is 9.20 Å². The lowest BCUT2D eigenvalue weighted by Gasteiger charge is -2.20. The highest BCUT2D eigenvalue weighted by Crippen LogP contribution is 2.39. The molecule has 3 heterocycles. The van der Waals surface area contributed by atoms with Crippen LogP contribution in [-0.2, 0) is 17.6 Å². The quantitative estimate of drug-likeness (QED) is 0.639. The Morgan fingerprint density at radius 3 is 2.71 bits per heavy atom. The Kier molecular flexibility index (Phi) is 5.12. The molecule has 3 aromatic rings. The Bertz CT molecular complexity index is 1040. The highest BCUT2D eigenvalue weighted by Gasteiger charge is 2.25. The molecule has 28 heavy (non-hydrogen) atoms. The number of thioether (sulfide) groups is 1. The van der Waals surface area contributed by atoms with Gasteiger partial charge in [0.1, 0.15) is 10.7 Å². The number of fused-ring (bicyclic) bond motifs is 5. The number of nitrogens with one attached hydrogen (secondary N) is 1. The Hall–Kier alpha value is -1.67. The van der Waals surface area contributed by atoms with Gasteiger partial charge < -0.3 is 5.32 Å². The van der Waals surface area contributed by atoms with Crippen molar-refractivity contribution in [3.8, 4) is 0 Å². The van der Waals surface area contributed by atoms with Crippen LogP contribution >= 0.6 is 23.1 Å². The first kappa shape index (κ1) is 19.6. The van der Waals surface area contributed by atoms with Crippen LogP contribution in [-0.4, -0.2) is 36.8 Å². The third kappa shape index (κ3) is 3.64. The summed E-state index contributed by atoms with van der Waals surface area (Å²) in [6.45, 7) is 10.2. The van der Waals surface area contributed by atoms with E-state index >= 15 is 0 Å². The number of nitrogens with zero attached hydrogens (tertiary/aromatic N) is 4. The monoisotopic (exact) mass is 417 g/mol. The number of rotatable bonds is 4. The fraction of sp³-hybridized carbons (Fsp3) is 0.600. The van der Waals surface area contributed by atoms with E-state index in [4.69, 9.17) is 4.98 Å². The van der Waals surface area contributed by atoms with Crippen LogP contribution in [0, 0.1) is 0 Å². The molecule has 4 rings (SSSR count). The van der Waals surface area contributed by atoms with Gasteiger partial charge in [0.25, 0.3) is 0 Å². The van der Waals surface area contributed by atoms with E-state index < -0.39 is 0 Å². The lowest BCUT2D eigenvalue weighted by molar-refractivity contribution is -0.119. The first-order valence-electron chi connectivity index (χ1n) is 9.87. The largest absolute Gasteiger partial charge is 0.351 e.